The number of nitrogens with zero attached hydrogens (tertiary/aromatic N) is 3. The molecule has 1 fully saturated rings. The molecule has 7 heteroatoms. The van der Waals surface area contributed by atoms with Gasteiger partial charge in [-0.05, 0) is 40.5 Å². The summed E-state index contributed by atoms with van der Waals surface area (Å²) in [6, 6.07) is 0. The Balaban J connectivity index is 2.50. The molecule has 0 saturated carbocycles. The van der Waals surface area contributed by atoms with E-state index in [1.54, 1.807) is 22.8 Å². The first kappa shape index (κ1) is 15.8. The third kappa shape index (κ3) is 2.49. The van der Waals surface area contributed by atoms with Crippen molar-refractivity contribution in [3.05, 3.63) is 11.4 Å². The van der Waals surface area contributed by atoms with Gasteiger partial charge in [-0.1, -0.05) is 0 Å². The van der Waals surface area contributed by atoms with Crippen LogP contribution in [-0.4, -0.2) is 40.5 Å². The molecule has 2 rings (SSSR count). The second-order valence-corrected chi connectivity index (χ2v) is 8.08. The Morgan fingerprint density at radius 3 is 2.50 bits per heavy atom. The summed E-state index contributed by atoms with van der Waals surface area (Å²) in [5, 5.41) is 4.31. The zero-order valence-electron chi connectivity index (χ0n) is 12.5. The van der Waals surface area contributed by atoms with E-state index >= 15 is 0 Å². The number of hydrogen-bond donors (Lipinski definition) is 0. The predicted octanol–water partition coefficient (Wildman–Crippen LogP) is 2.30. The summed E-state index contributed by atoms with van der Waals surface area (Å²) in [4.78, 5) is 0.345. The molecular formula is C13H22ClN3O2S. The van der Waals surface area contributed by atoms with Crippen LogP contribution < -0.4 is 0 Å². The van der Waals surface area contributed by atoms with Crippen molar-refractivity contribution in [1.82, 2.24) is 14.1 Å². The maximum Gasteiger partial charge on any atom is 0.247 e. The summed E-state index contributed by atoms with van der Waals surface area (Å²) in [6.45, 7) is 8.59. The molecule has 1 aromatic heterocycles. The summed E-state index contributed by atoms with van der Waals surface area (Å²) >= 11 is 5.74. The van der Waals surface area contributed by atoms with Gasteiger partial charge >= 0.3 is 0 Å². The Kier molecular flexibility index (Phi) is 4.19. The minimum absolute atomic E-state index is 0.327. The van der Waals surface area contributed by atoms with Crippen LogP contribution in [0.1, 0.15) is 38.1 Å². The van der Waals surface area contributed by atoms with E-state index in [0.29, 0.717) is 35.3 Å². The summed E-state index contributed by atoms with van der Waals surface area (Å²) in [7, 11) is -3.50. The van der Waals surface area contributed by atoms with Crippen molar-refractivity contribution in [2.75, 3.05) is 12.4 Å². The quantitative estimate of drug-likeness (QED) is 0.800. The topological polar surface area (TPSA) is 55.2 Å². The zero-order valence-corrected chi connectivity index (χ0v) is 14.1. The van der Waals surface area contributed by atoms with Crippen molar-refractivity contribution >= 4 is 21.6 Å². The van der Waals surface area contributed by atoms with Gasteiger partial charge < -0.3 is 0 Å². The summed E-state index contributed by atoms with van der Waals surface area (Å²) in [5.41, 5.74) is 0.896. The molecule has 0 aromatic carbocycles. The van der Waals surface area contributed by atoms with Crippen molar-refractivity contribution < 1.29 is 8.42 Å². The molecular weight excluding hydrogens is 298 g/mol. The smallest absolute Gasteiger partial charge is 0.247 e. The van der Waals surface area contributed by atoms with Crippen LogP contribution in [-0.2, 0) is 16.6 Å². The molecule has 0 radical (unpaired) electrons. The average molecular weight is 320 g/mol. The van der Waals surface area contributed by atoms with Gasteiger partial charge in [0.05, 0.1) is 17.9 Å². The first-order valence-electron chi connectivity index (χ1n) is 6.84. The van der Waals surface area contributed by atoms with Crippen LogP contribution in [0.5, 0.6) is 0 Å². The molecule has 5 nitrogen and oxygen atoms in total. The standard InChI is InChI=1S/C13H22ClN3O2S/c1-10-12(11(2)16(15-10)9-7-14)20(18,19)17-8-5-6-13(17,3)4/h5-9H2,1-4H3. The number of hydrogen-bond acceptors (Lipinski definition) is 3. The van der Waals surface area contributed by atoms with Crippen molar-refractivity contribution in [3.63, 3.8) is 0 Å². The van der Waals surface area contributed by atoms with Crippen LogP contribution in [0.3, 0.4) is 0 Å². The van der Waals surface area contributed by atoms with E-state index < -0.39 is 10.0 Å². The largest absolute Gasteiger partial charge is 0.267 e. The van der Waals surface area contributed by atoms with Gasteiger partial charge in [0, 0.05) is 18.0 Å². The Bertz CT molecular complexity index is 607. The van der Waals surface area contributed by atoms with Gasteiger partial charge in [-0.25, -0.2) is 8.42 Å². The lowest BCUT2D eigenvalue weighted by Crippen LogP contribution is -2.42. The number of aromatic nitrogens is 2. The molecule has 0 atom stereocenters. The molecule has 2 heterocycles. The van der Waals surface area contributed by atoms with E-state index in [-0.39, 0.29) is 5.54 Å². The Labute approximate surface area is 126 Å². The molecule has 0 N–H and O–H groups in total. The number of sulfonamides is 1. The summed E-state index contributed by atoms with van der Waals surface area (Å²) in [6.07, 6.45) is 1.79. The second kappa shape index (κ2) is 5.31. The Morgan fingerprint density at radius 2 is 2.00 bits per heavy atom. The molecule has 0 amide bonds. The third-order valence-electron chi connectivity index (χ3n) is 3.98. The minimum Gasteiger partial charge on any atom is -0.267 e. The lowest BCUT2D eigenvalue weighted by Gasteiger charge is -2.30. The van der Waals surface area contributed by atoms with E-state index in [0.717, 1.165) is 12.8 Å². The van der Waals surface area contributed by atoms with Gasteiger partial charge in [-0.15, -0.1) is 11.6 Å². The highest BCUT2D eigenvalue weighted by molar-refractivity contribution is 7.89. The highest BCUT2D eigenvalue weighted by Gasteiger charge is 2.42. The predicted molar refractivity (Wildman–Crippen MR) is 79.6 cm³/mol. The fraction of sp³-hybridized carbons (Fsp3) is 0.769. The first-order chi connectivity index (χ1) is 9.21. The van der Waals surface area contributed by atoms with Crippen molar-refractivity contribution in [2.24, 2.45) is 0 Å². The fourth-order valence-corrected chi connectivity index (χ4v) is 5.37. The van der Waals surface area contributed by atoms with Crippen LogP contribution >= 0.6 is 11.6 Å². The molecule has 1 aliphatic heterocycles. The van der Waals surface area contributed by atoms with Gasteiger partial charge in [-0.3, -0.25) is 4.68 Å². The average Bonchev–Trinajstić information content (AvgIpc) is 2.80. The number of aryl methyl sites for hydroxylation is 2. The van der Waals surface area contributed by atoms with Crippen molar-refractivity contribution in [2.45, 2.75) is 57.5 Å². The van der Waals surface area contributed by atoms with E-state index in [4.69, 9.17) is 11.6 Å². The zero-order chi connectivity index (χ0) is 15.1. The molecule has 1 saturated heterocycles. The maximum absolute atomic E-state index is 12.9. The highest BCUT2D eigenvalue weighted by atomic mass is 35.5. The first-order valence-corrected chi connectivity index (χ1v) is 8.82. The Morgan fingerprint density at radius 1 is 1.35 bits per heavy atom. The van der Waals surface area contributed by atoms with Gasteiger partial charge in [0.2, 0.25) is 10.0 Å². The van der Waals surface area contributed by atoms with Crippen molar-refractivity contribution in [1.29, 1.82) is 0 Å². The van der Waals surface area contributed by atoms with Crippen LogP contribution in [0.2, 0.25) is 0 Å². The lowest BCUT2D eigenvalue weighted by atomic mass is 10.0. The summed E-state index contributed by atoms with van der Waals surface area (Å²) in [5.74, 6) is 0.413. The number of alkyl halides is 1. The molecule has 1 aliphatic rings. The third-order valence-corrected chi connectivity index (χ3v) is 6.52. The lowest BCUT2D eigenvalue weighted by molar-refractivity contribution is 0.291. The van der Waals surface area contributed by atoms with Crippen LogP contribution in [0.15, 0.2) is 4.90 Å². The molecule has 0 bridgehead atoms. The Hall–Kier alpha value is -0.590. The van der Waals surface area contributed by atoms with E-state index in [1.165, 1.54) is 0 Å². The van der Waals surface area contributed by atoms with Crippen LogP contribution in [0.25, 0.3) is 0 Å². The van der Waals surface area contributed by atoms with Crippen molar-refractivity contribution in [3.8, 4) is 0 Å². The van der Waals surface area contributed by atoms with E-state index in [9.17, 15) is 8.42 Å². The van der Waals surface area contributed by atoms with Gasteiger partial charge in [0.15, 0.2) is 0 Å². The molecule has 114 valence electrons. The fourth-order valence-electron chi connectivity index (χ4n) is 2.99. The monoisotopic (exact) mass is 319 g/mol. The number of halogens is 1. The van der Waals surface area contributed by atoms with Gasteiger partial charge in [0.25, 0.3) is 0 Å². The van der Waals surface area contributed by atoms with E-state index in [1.807, 2.05) is 13.8 Å². The summed E-state index contributed by atoms with van der Waals surface area (Å²) < 4.78 is 29.2. The number of rotatable bonds is 4. The van der Waals surface area contributed by atoms with Gasteiger partial charge in [-0.2, -0.15) is 9.40 Å². The molecule has 20 heavy (non-hydrogen) atoms. The molecule has 0 unspecified atom stereocenters. The SMILES string of the molecule is Cc1nn(CCCl)c(C)c1S(=O)(=O)N1CCCC1(C)C. The molecule has 1 aromatic rings. The molecule has 0 aliphatic carbocycles. The van der Waals surface area contributed by atoms with Crippen LogP contribution in [0, 0.1) is 13.8 Å². The highest BCUT2D eigenvalue weighted by Crippen LogP contribution is 2.35. The second-order valence-electron chi connectivity index (χ2n) is 5.91. The normalized spacial score (nSPS) is 19.6. The maximum atomic E-state index is 12.9. The van der Waals surface area contributed by atoms with Crippen LogP contribution in [0.4, 0.5) is 0 Å². The van der Waals surface area contributed by atoms with Gasteiger partial charge in [0.1, 0.15) is 4.90 Å². The minimum atomic E-state index is -3.50. The molecule has 0 spiro atoms. The van der Waals surface area contributed by atoms with E-state index in [2.05, 4.69) is 5.10 Å².